The van der Waals surface area contributed by atoms with Crippen molar-refractivity contribution in [1.82, 2.24) is 20.9 Å². The third kappa shape index (κ3) is 11.4. The van der Waals surface area contributed by atoms with Crippen molar-refractivity contribution in [3.8, 4) is 0 Å². The van der Waals surface area contributed by atoms with Crippen molar-refractivity contribution < 1.29 is 24.3 Å². The molecule has 242 valence electrons. The predicted molar refractivity (Wildman–Crippen MR) is 168 cm³/mol. The normalized spacial score (nSPS) is 13.7. The number of benzene rings is 1. The van der Waals surface area contributed by atoms with Crippen LogP contribution in [0, 0.1) is 5.92 Å². The number of fused-ring (bicyclic) bond motifs is 1. The maximum atomic E-state index is 13.4. The number of H-pyrrole nitrogens is 1. The van der Waals surface area contributed by atoms with Gasteiger partial charge in [0.1, 0.15) is 18.1 Å². The molecule has 1 heterocycles. The van der Waals surface area contributed by atoms with Crippen molar-refractivity contribution in [1.29, 1.82) is 0 Å². The molecule has 16 heteroatoms. The first-order valence-electron chi connectivity index (χ1n) is 14.3. The zero-order valence-electron chi connectivity index (χ0n) is 25.1. The fraction of sp³-hybridized carbons (Fsp3) is 0.500. The molecular weight excluding hydrogens is 570 g/mol. The summed E-state index contributed by atoms with van der Waals surface area (Å²) in [4.78, 5) is 62.4. The van der Waals surface area contributed by atoms with Crippen LogP contribution in [0.5, 0.6) is 0 Å². The number of aliphatic imine (C=N–C) groups is 2. The lowest BCUT2D eigenvalue weighted by Gasteiger charge is -2.27. The monoisotopic (exact) mass is 615 g/mol. The third-order valence-corrected chi connectivity index (χ3v) is 6.84. The van der Waals surface area contributed by atoms with Gasteiger partial charge in [0.15, 0.2) is 11.9 Å². The number of nitrogens with zero attached hydrogens (tertiary/aromatic N) is 2. The molecule has 2 aromatic rings. The van der Waals surface area contributed by atoms with Gasteiger partial charge < -0.3 is 54.7 Å². The number of hydrogen-bond acceptors (Lipinski definition) is 7. The van der Waals surface area contributed by atoms with E-state index in [4.69, 9.17) is 28.7 Å². The highest BCUT2D eigenvalue weighted by molar-refractivity contribution is 5.94. The molecule has 4 atom stereocenters. The lowest BCUT2D eigenvalue weighted by Crippen LogP contribution is -2.58. The van der Waals surface area contributed by atoms with Crippen LogP contribution in [0.4, 0.5) is 0 Å². The maximum Gasteiger partial charge on any atom is 0.326 e. The van der Waals surface area contributed by atoms with E-state index in [0.29, 0.717) is 12.8 Å². The Morgan fingerprint density at radius 1 is 0.841 bits per heavy atom. The molecule has 1 aromatic carbocycles. The lowest BCUT2D eigenvalue weighted by atomic mass is 10.0. The summed E-state index contributed by atoms with van der Waals surface area (Å²) in [5.41, 5.74) is 29.4. The van der Waals surface area contributed by atoms with E-state index in [0.717, 1.165) is 16.5 Å². The van der Waals surface area contributed by atoms with Crippen LogP contribution in [0.1, 0.15) is 45.1 Å². The number of amides is 3. The van der Waals surface area contributed by atoms with Crippen LogP contribution in [0.3, 0.4) is 0 Å². The molecule has 0 aliphatic carbocycles. The Kier molecular flexibility index (Phi) is 13.9. The highest BCUT2D eigenvalue weighted by Crippen LogP contribution is 2.19. The van der Waals surface area contributed by atoms with Gasteiger partial charge in [-0.05, 0) is 49.7 Å². The fourth-order valence-corrected chi connectivity index (χ4v) is 4.49. The summed E-state index contributed by atoms with van der Waals surface area (Å²) in [6, 6.07) is 3.23. The number of carboxylic acids is 1. The molecule has 0 radical (unpaired) electrons. The van der Waals surface area contributed by atoms with E-state index >= 15 is 0 Å². The number of hydrogen-bond donors (Lipinski definition) is 10. The SMILES string of the molecule is CC(C)C(NC(=O)C(CCCN=C(N)N)NC(=O)C(N)Cc1c[nH]c2ccccc12)C(=O)NC(CCCN=C(N)N)C(=O)O. The minimum Gasteiger partial charge on any atom is -0.480 e. The minimum atomic E-state index is -1.24. The fourth-order valence-electron chi connectivity index (χ4n) is 4.49. The van der Waals surface area contributed by atoms with E-state index in [2.05, 4.69) is 30.9 Å². The number of carbonyl (C=O) groups excluding carboxylic acids is 3. The minimum absolute atomic E-state index is 0.0639. The molecule has 4 unspecified atom stereocenters. The van der Waals surface area contributed by atoms with E-state index in [1.807, 2.05) is 24.3 Å². The molecular formula is C28H45N11O5. The molecule has 0 aliphatic heterocycles. The van der Waals surface area contributed by atoms with Gasteiger partial charge in [0, 0.05) is 30.2 Å². The number of rotatable bonds is 18. The number of nitrogens with one attached hydrogen (secondary N) is 4. The van der Waals surface area contributed by atoms with E-state index in [9.17, 15) is 24.3 Å². The molecule has 0 fully saturated rings. The molecule has 2 rings (SSSR count). The first kappa shape index (κ1) is 35.3. The Labute approximate surface area is 255 Å². The van der Waals surface area contributed by atoms with Crippen molar-refractivity contribution in [3.05, 3.63) is 36.0 Å². The second-order valence-corrected chi connectivity index (χ2v) is 10.8. The van der Waals surface area contributed by atoms with Gasteiger partial charge in [-0.25, -0.2) is 4.79 Å². The van der Waals surface area contributed by atoms with Crippen LogP contribution < -0.4 is 44.6 Å². The quantitative estimate of drug-likeness (QED) is 0.0517. The molecule has 16 nitrogen and oxygen atoms in total. The number of aromatic nitrogens is 1. The molecule has 15 N–H and O–H groups in total. The molecule has 44 heavy (non-hydrogen) atoms. The van der Waals surface area contributed by atoms with Crippen molar-refractivity contribution in [3.63, 3.8) is 0 Å². The number of aliphatic carboxylic acids is 1. The van der Waals surface area contributed by atoms with Gasteiger partial charge in [0.05, 0.1) is 6.04 Å². The number of carbonyl (C=O) groups is 4. The predicted octanol–water partition coefficient (Wildman–Crippen LogP) is -1.66. The van der Waals surface area contributed by atoms with E-state index in [1.54, 1.807) is 20.0 Å². The first-order valence-corrected chi connectivity index (χ1v) is 14.3. The van der Waals surface area contributed by atoms with Crippen LogP contribution in [0.25, 0.3) is 10.9 Å². The standard InChI is InChI=1S/C28H45N11O5/c1-15(2)22(25(42)38-21(26(43)44)10-6-12-35-28(32)33)39-24(41)20(9-5-11-34-27(30)31)37-23(40)18(29)13-16-14-36-19-8-4-3-7-17(16)19/h3-4,7-8,14-15,18,20-22,36H,5-6,9-13,29H2,1-2H3,(H,37,40)(H,38,42)(H,39,41)(H,43,44)(H4,30,31,34)(H4,32,33,35). The zero-order valence-corrected chi connectivity index (χ0v) is 25.1. The third-order valence-electron chi connectivity index (χ3n) is 6.84. The van der Waals surface area contributed by atoms with Gasteiger partial charge in [-0.1, -0.05) is 32.0 Å². The summed E-state index contributed by atoms with van der Waals surface area (Å²) in [7, 11) is 0. The number of nitrogens with two attached hydrogens (primary N) is 5. The van der Waals surface area contributed by atoms with Gasteiger partial charge in [-0.2, -0.15) is 0 Å². The average Bonchev–Trinajstić information content (AvgIpc) is 3.36. The average molecular weight is 616 g/mol. The Morgan fingerprint density at radius 2 is 1.41 bits per heavy atom. The maximum absolute atomic E-state index is 13.4. The van der Waals surface area contributed by atoms with E-state index in [1.165, 1.54) is 0 Å². The summed E-state index contributed by atoms with van der Waals surface area (Å²) in [5.74, 6) is -3.79. The largest absolute Gasteiger partial charge is 0.480 e. The van der Waals surface area contributed by atoms with Gasteiger partial charge in [0.25, 0.3) is 0 Å². The molecule has 0 aliphatic rings. The summed E-state index contributed by atoms with van der Waals surface area (Å²) in [6.45, 7) is 3.79. The molecule has 0 saturated heterocycles. The topological polar surface area (TPSA) is 295 Å². The summed E-state index contributed by atoms with van der Waals surface area (Å²) in [6.07, 6.45) is 2.85. The van der Waals surface area contributed by atoms with Crippen LogP contribution in [-0.2, 0) is 25.6 Å². The Bertz CT molecular complexity index is 1330. The lowest BCUT2D eigenvalue weighted by molar-refractivity contribution is -0.142. The number of aromatic amines is 1. The number of guanidine groups is 2. The van der Waals surface area contributed by atoms with E-state index in [-0.39, 0.29) is 44.3 Å². The van der Waals surface area contributed by atoms with Gasteiger partial charge in [-0.3, -0.25) is 24.4 Å². The second-order valence-electron chi connectivity index (χ2n) is 10.8. The van der Waals surface area contributed by atoms with E-state index < -0.39 is 53.8 Å². The highest BCUT2D eigenvalue weighted by Gasteiger charge is 2.32. The molecule has 0 saturated carbocycles. The van der Waals surface area contributed by atoms with Crippen molar-refractivity contribution >= 4 is 46.5 Å². The number of para-hydroxylation sites is 1. The second kappa shape index (κ2) is 17.3. The Hall–Kier alpha value is -4.86. The van der Waals surface area contributed by atoms with Crippen molar-refractivity contribution in [2.75, 3.05) is 13.1 Å². The molecule has 1 aromatic heterocycles. The van der Waals surface area contributed by atoms with Gasteiger partial charge in [-0.15, -0.1) is 0 Å². The highest BCUT2D eigenvalue weighted by atomic mass is 16.4. The van der Waals surface area contributed by atoms with Gasteiger partial charge >= 0.3 is 5.97 Å². The number of carboxylic acid groups (broad SMARTS) is 1. The summed E-state index contributed by atoms with van der Waals surface area (Å²) >= 11 is 0. The van der Waals surface area contributed by atoms with Crippen LogP contribution in [-0.4, -0.2) is 83.0 Å². The molecule has 3 amide bonds. The smallest absolute Gasteiger partial charge is 0.326 e. The Morgan fingerprint density at radius 3 is 1.98 bits per heavy atom. The molecule has 0 bridgehead atoms. The molecule has 0 spiro atoms. The van der Waals surface area contributed by atoms with Crippen molar-refractivity contribution in [2.24, 2.45) is 44.6 Å². The zero-order chi connectivity index (χ0) is 32.8. The Balaban J connectivity index is 2.13. The van der Waals surface area contributed by atoms with Crippen LogP contribution in [0.15, 0.2) is 40.4 Å². The van der Waals surface area contributed by atoms with Gasteiger partial charge in [0.2, 0.25) is 17.7 Å². The van der Waals surface area contributed by atoms with Crippen LogP contribution in [0.2, 0.25) is 0 Å². The first-order chi connectivity index (χ1) is 20.8. The van der Waals surface area contributed by atoms with Crippen molar-refractivity contribution in [2.45, 2.75) is 70.1 Å². The summed E-state index contributed by atoms with van der Waals surface area (Å²) in [5, 5.41) is 18.4. The summed E-state index contributed by atoms with van der Waals surface area (Å²) < 4.78 is 0. The van der Waals surface area contributed by atoms with Crippen LogP contribution >= 0.6 is 0 Å².